The number of benzene rings is 2. The molecule has 0 aliphatic carbocycles. The number of para-hydroxylation sites is 1. The lowest BCUT2D eigenvalue weighted by molar-refractivity contribution is 0.0945. The molecule has 0 atom stereocenters. The fraction of sp³-hybridized carbons (Fsp3) is 0.125. The van der Waals surface area contributed by atoms with Crippen molar-refractivity contribution < 1.29 is 13.6 Å². The summed E-state index contributed by atoms with van der Waals surface area (Å²) < 4.78 is 21.0. The van der Waals surface area contributed by atoms with Gasteiger partial charge in [0, 0.05) is 42.3 Å². The number of halogens is 1. The maximum absolute atomic E-state index is 13.6. The van der Waals surface area contributed by atoms with Crippen molar-refractivity contribution in [1.29, 1.82) is 0 Å². The first kappa shape index (κ1) is 18.2. The van der Waals surface area contributed by atoms with Crippen LogP contribution in [-0.4, -0.2) is 22.0 Å². The highest BCUT2D eigenvalue weighted by atomic mass is 19.1. The first-order valence-electron chi connectivity index (χ1n) is 9.83. The highest BCUT2D eigenvalue weighted by Crippen LogP contribution is 2.23. The van der Waals surface area contributed by atoms with Crippen molar-refractivity contribution >= 4 is 27.9 Å². The van der Waals surface area contributed by atoms with Crippen molar-refractivity contribution in [3.05, 3.63) is 95.8 Å². The molecule has 150 valence electrons. The average Bonchev–Trinajstić information content (AvgIpc) is 3.44. The molecule has 0 saturated carbocycles. The van der Waals surface area contributed by atoms with Crippen LogP contribution in [-0.2, 0) is 13.0 Å². The fourth-order valence-electron chi connectivity index (χ4n) is 3.89. The van der Waals surface area contributed by atoms with Gasteiger partial charge in [0.2, 0.25) is 0 Å². The van der Waals surface area contributed by atoms with E-state index in [9.17, 15) is 9.18 Å². The van der Waals surface area contributed by atoms with Gasteiger partial charge in [-0.05, 0) is 35.7 Å². The number of fused-ring (bicyclic) bond motifs is 2. The summed E-state index contributed by atoms with van der Waals surface area (Å²) in [7, 11) is 0. The molecule has 3 heterocycles. The number of H-pyrrole nitrogens is 1. The van der Waals surface area contributed by atoms with Crippen molar-refractivity contribution in [2.45, 2.75) is 13.0 Å². The summed E-state index contributed by atoms with van der Waals surface area (Å²) in [5.74, 6) is -0.481. The molecule has 6 heteroatoms. The monoisotopic (exact) mass is 401 g/mol. The molecule has 0 bridgehead atoms. The number of carbonyl (C=O) groups is 1. The van der Waals surface area contributed by atoms with Crippen LogP contribution in [0.1, 0.15) is 21.6 Å². The van der Waals surface area contributed by atoms with Crippen molar-refractivity contribution in [3.8, 4) is 0 Å². The number of aromatic amines is 1. The van der Waals surface area contributed by atoms with E-state index in [0.29, 0.717) is 24.4 Å². The SMILES string of the molecule is O=C(NCCc1c[nH]c2ccccc12)c1cc2occc2n1Cc1cccc(F)c1. The predicted octanol–water partition coefficient (Wildman–Crippen LogP) is 4.88. The zero-order valence-electron chi connectivity index (χ0n) is 16.2. The second kappa shape index (κ2) is 7.55. The lowest BCUT2D eigenvalue weighted by Crippen LogP contribution is -2.28. The van der Waals surface area contributed by atoms with Crippen molar-refractivity contribution in [1.82, 2.24) is 14.9 Å². The Morgan fingerprint density at radius 3 is 2.90 bits per heavy atom. The Hall–Kier alpha value is -3.80. The lowest BCUT2D eigenvalue weighted by atomic mass is 10.1. The summed E-state index contributed by atoms with van der Waals surface area (Å²) in [5, 5.41) is 4.17. The molecule has 0 aliphatic rings. The van der Waals surface area contributed by atoms with Crippen LogP contribution in [0.25, 0.3) is 22.0 Å². The van der Waals surface area contributed by atoms with Crippen LogP contribution in [0.2, 0.25) is 0 Å². The average molecular weight is 401 g/mol. The topological polar surface area (TPSA) is 63.0 Å². The molecular formula is C24H20FN3O2. The second-order valence-electron chi connectivity index (χ2n) is 7.28. The van der Waals surface area contributed by atoms with Crippen LogP contribution in [0, 0.1) is 5.82 Å². The summed E-state index contributed by atoms with van der Waals surface area (Å²) in [5.41, 5.74) is 4.96. The fourth-order valence-corrected chi connectivity index (χ4v) is 3.89. The van der Waals surface area contributed by atoms with Gasteiger partial charge in [0.25, 0.3) is 5.91 Å². The lowest BCUT2D eigenvalue weighted by Gasteiger charge is -2.11. The van der Waals surface area contributed by atoms with Crippen LogP contribution in [0.15, 0.2) is 77.5 Å². The predicted molar refractivity (Wildman–Crippen MR) is 114 cm³/mol. The van der Waals surface area contributed by atoms with Gasteiger partial charge in [0.15, 0.2) is 5.58 Å². The zero-order chi connectivity index (χ0) is 20.5. The number of carbonyl (C=O) groups excluding carboxylic acids is 1. The van der Waals surface area contributed by atoms with Crippen molar-refractivity contribution in [2.24, 2.45) is 0 Å². The molecule has 2 N–H and O–H groups in total. The normalized spacial score (nSPS) is 11.4. The number of rotatable bonds is 6. The van der Waals surface area contributed by atoms with Crippen LogP contribution in [0.3, 0.4) is 0 Å². The third-order valence-corrected chi connectivity index (χ3v) is 5.34. The molecule has 0 saturated heterocycles. The molecule has 5 aromatic rings. The first-order valence-corrected chi connectivity index (χ1v) is 9.83. The largest absolute Gasteiger partial charge is 0.463 e. The number of hydrogen-bond acceptors (Lipinski definition) is 2. The molecule has 2 aromatic carbocycles. The second-order valence-corrected chi connectivity index (χ2v) is 7.28. The van der Waals surface area contributed by atoms with E-state index in [-0.39, 0.29) is 11.7 Å². The Bertz CT molecular complexity index is 1350. The highest BCUT2D eigenvalue weighted by molar-refractivity contribution is 5.97. The van der Waals surface area contributed by atoms with Gasteiger partial charge in [-0.3, -0.25) is 4.79 Å². The molecule has 0 radical (unpaired) electrons. The van der Waals surface area contributed by atoms with E-state index in [2.05, 4.69) is 16.4 Å². The molecule has 1 amide bonds. The van der Waals surface area contributed by atoms with Gasteiger partial charge in [0.1, 0.15) is 11.5 Å². The Morgan fingerprint density at radius 1 is 1.10 bits per heavy atom. The van der Waals surface area contributed by atoms with Crippen LogP contribution >= 0.6 is 0 Å². The molecule has 0 fully saturated rings. The van der Waals surface area contributed by atoms with E-state index in [1.807, 2.05) is 41.1 Å². The number of furan rings is 1. The molecular weight excluding hydrogens is 381 g/mol. The summed E-state index contributed by atoms with van der Waals surface area (Å²) >= 11 is 0. The Labute approximate surface area is 172 Å². The number of nitrogens with zero attached hydrogens (tertiary/aromatic N) is 1. The van der Waals surface area contributed by atoms with Crippen molar-refractivity contribution in [2.75, 3.05) is 6.54 Å². The number of amides is 1. The molecule has 0 aliphatic heterocycles. The number of nitrogens with one attached hydrogen (secondary N) is 2. The van der Waals surface area contributed by atoms with Crippen LogP contribution < -0.4 is 5.32 Å². The van der Waals surface area contributed by atoms with E-state index in [1.165, 1.54) is 17.5 Å². The molecule has 0 unspecified atom stereocenters. The van der Waals surface area contributed by atoms with Gasteiger partial charge < -0.3 is 19.3 Å². The smallest absolute Gasteiger partial charge is 0.268 e. The third-order valence-electron chi connectivity index (χ3n) is 5.34. The van der Waals surface area contributed by atoms with Gasteiger partial charge in [-0.1, -0.05) is 30.3 Å². The van der Waals surface area contributed by atoms with Crippen LogP contribution in [0.4, 0.5) is 4.39 Å². The standard InChI is InChI=1S/C24H20FN3O2/c25-18-5-3-4-16(12-18)15-28-21-9-11-30-23(21)13-22(28)24(29)26-10-8-17-14-27-20-7-2-1-6-19(17)20/h1-7,9,11-14,27H,8,10,15H2,(H,26,29). The minimum atomic E-state index is -0.298. The van der Waals surface area contributed by atoms with Crippen molar-refractivity contribution in [3.63, 3.8) is 0 Å². The first-order chi connectivity index (χ1) is 14.7. The quantitative estimate of drug-likeness (QED) is 0.426. The van der Waals surface area contributed by atoms with Gasteiger partial charge in [-0.15, -0.1) is 0 Å². The molecule has 3 aromatic heterocycles. The third kappa shape index (κ3) is 3.37. The Kier molecular flexibility index (Phi) is 4.59. The highest BCUT2D eigenvalue weighted by Gasteiger charge is 2.18. The Morgan fingerprint density at radius 2 is 2.00 bits per heavy atom. The van der Waals surface area contributed by atoms with E-state index in [4.69, 9.17) is 4.42 Å². The Balaban J connectivity index is 1.35. The molecule has 5 nitrogen and oxygen atoms in total. The summed E-state index contributed by atoms with van der Waals surface area (Å²) in [6, 6.07) is 18.0. The van der Waals surface area contributed by atoms with E-state index in [1.54, 1.807) is 18.4 Å². The van der Waals surface area contributed by atoms with E-state index in [0.717, 1.165) is 28.6 Å². The molecule has 30 heavy (non-hydrogen) atoms. The van der Waals surface area contributed by atoms with Gasteiger partial charge in [-0.2, -0.15) is 0 Å². The summed E-state index contributed by atoms with van der Waals surface area (Å²) in [6.45, 7) is 0.888. The molecule has 5 rings (SSSR count). The maximum atomic E-state index is 13.6. The number of hydrogen-bond donors (Lipinski definition) is 2. The minimum absolute atomic E-state index is 0.183. The van der Waals surface area contributed by atoms with Gasteiger partial charge >= 0.3 is 0 Å². The summed E-state index contributed by atoms with van der Waals surface area (Å²) in [6.07, 6.45) is 4.29. The number of aromatic nitrogens is 2. The van der Waals surface area contributed by atoms with Gasteiger partial charge in [0.05, 0.1) is 11.8 Å². The zero-order valence-corrected chi connectivity index (χ0v) is 16.2. The van der Waals surface area contributed by atoms with Crippen LogP contribution in [0.5, 0.6) is 0 Å². The van der Waals surface area contributed by atoms with Gasteiger partial charge in [-0.25, -0.2) is 4.39 Å². The van der Waals surface area contributed by atoms with E-state index < -0.39 is 0 Å². The molecule has 0 spiro atoms. The minimum Gasteiger partial charge on any atom is -0.463 e. The summed E-state index contributed by atoms with van der Waals surface area (Å²) in [4.78, 5) is 16.2. The maximum Gasteiger partial charge on any atom is 0.268 e. The van der Waals surface area contributed by atoms with E-state index >= 15 is 0 Å².